The molecular weight excluding hydrogens is 480 g/mol. The van der Waals surface area contributed by atoms with Crippen LogP contribution in [-0.2, 0) is 14.9 Å². The summed E-state index contributed by atoms with van der Waals surface area (Å²) >= 11 is 7.65. The van der Waals surface area contributed by atoms with E-state index in [1.165, 1.54) is 11.3 Å². The van der Waals surface area contributed by atoms with Crippen LogP contribution in [0.15, 0.2) is 78.3 Å². The molecule has 1 saturated carbocycles. The molecule has 1 heterocycles. The molecule has 5 nitrogen and oxygen atoms in total. The monoisotopic (exact) mass is 502 g/mol. The SMILES string of the molecule is C[C@@H](OC(=O)Nc1ncsc1-c1ccc(-c2ccc(C3(C=O)CC3)cc2)cc1)c1ccccc1Cl. The quantitative estimate of drug-likeness (QED) is 0.263. The smallest absolute Gasteiger partial charge is 0.413 e. The molecular formula is C28H23ClN2O3S. The van der Waals surface area contributed by atoms with E-state index in [0.29, 0.717) is 10.8 Å². The van der Waals surface area contributed by atoms with Crippen LogP contribution in [0.3, 0.4) is 0 Å². The van der Waals surface area contributed by atoms with Crippen molar-refractivity contribution in [3.63, 3.8) is 0 Å². The van der Waals surface area contributed by atoms with Crippen molar-refractivity contribution in [2.75, 3.05) is 5.32 Å². The van der Waals surface area contributed by atoms with Crippen LogP contribution in [0.2, 0.25) is 5.02 Å². The molecule has 176 valence electrons. The number of nitrogens with zero attached hydrogens (tertiary/aromatic N) is 1. The molecule has 0 bridgehead atoms. The molecule has 0 aliphatic heterocycles. The van der Waals surface area contributed by atoms with Gasteiger partial charge in [0.2, 0.25) is 0 Å². The van der Waals surface area contributed by atoms with Crippen molar-refractivity contribution < 1.29 is 14.3 Å². The Morgan fingerprint density at radius 2 is 1.66 bits per heavy atom. The first kappa shape index (κ1) is 23.3. The summed E-state index contributed by atoms with van der Waals surface area (Å²) in [6.07, 6.45) is 1.85. The van der Waals surface area contributed by atoms with E-state index >= 15 is 0 Å². The van der Waals surface area contributed by atoms with Crippen LogP contribution in [0.25, 0.3) is 21.6 Å². The summed E-state index contributed by atoms with van der Waals surface area (Å²) < 4.78 is 5.51. The fraction of sp³-hybridized carbons (Fsp3) is 0.179. The predicted octanol–water partition coefficient (Wildman–Crippen LogP) is 7.67. The summed E-state index contributed by atoms with van der Waals surface area (Å²) in [6.45, 7) is 1.78. The highest BCUT2D eigenvalue weighted by Gasteiger charge is 2.44. The zero-order valence-corrected chi connectivity index (χ0v) is 20.6. The number of benzene rings is 3. The average Bonchev–Trinajstić information content (AvgIpc) is 3.56. The number of nitrogens with one attached hydrogen (secondary N) is 1. The lowest BCUT2D eigenvalue weighted by atomic mass is 9.95. The minimum Gasteiger partial charge on any atom is -0.441 e. The molecule has 1 aromatic heterocycles. The number of halogens is 1. The van der Waals surface area contributed by atoms with Crippen molar-refractivity contribution in [1.82, 2.24) is 4.98 Å². The van der Waals surface area contributed by atoms with Gasteiger partial charge in [-0.25, -0.2) is 9.78 Å². The van der Waals surface area contributed by atoms with Crippen molar-refractivity contribution in [2.24, 2.45) is 0 Å². The van der Waals surface area contributed by atoms with Crippen LogP contribution >= 0.6 is 22.9 Å². The Morgan fingerprint density at radius 3 is 2.29 bits per heavy atom. The second kappa shape index (κ2) is 9.64. The van der Waals surface area contributed by atoms with E-state index in [9.17, 15) is 9.59 Å². The molecule has 7 heteroatoms. The molecule has 35 heavy (non-hydrogen) atoms. The number of aldehydes is 1. The van der Waals surface area contributed by atoms with Gasteiger partial charge in [0, 0.05) is 10.6 Å². The minimum atomic E-state index is -0.593. The molecule has 0 spiro atoms. The number of hydrogen-bond donors (Lipinski definition) is 1. The van der Waals surface area contributed by atoms with Gasteiger partial charge in [0.15, 0.2) is 5.82 Å². The summed E-state index contributed by atoms with van der Waals surface area (Å²) in [5.41, 5.74) is 6.36. The van der Waals surface area contributed by atoms with Gasteiger partial charge in [-0.2, -0.15) is 0 Å². The number of thiazole rings is 1. The molecule has 0 unspecified atom stereocenters. The normalized spacial score (nSPS) is 14.7. The van der Waals surface area contributed by atoms with Crippen molar-refractivity contribution in [3.8, 4) is 21.6 Å². The summed E-state index contributed by atoms with van der Waals surface area (Å²) in [5, 5.41) is 3.30. The van der Waals surface area contributed by atoms with E-state index in [1.807, 2.05) is 54.6 Å². The molecule has 5 rings (SSSR count). The second-order valence-corrected chi connectivity index (χ2v) is 9.91. The highest BCUT2D eigenvalue weighted by molar-refractivity contribution is 7.13. The summed E-state index contributed by atoms with van der Waals surface area (Å²) in [7, 11) is 0. The fourth-order valence-electron chi connectivity index (χ4n) is 4.11. The van der Waals surface area contributed by atoms with Gasteiger partial charge in [-0.1, -0.05) is 78.3 Å². The molecule has 1 atom stereocenters. The third kappa shape index (κ3) is 4.85. The largest absolute Gasteiger partial charge is 0.441 e. The Hall–Kier alpha value is -3.48. The van der Waals surface area contributed by atoms with Gasteiger partial charge >= 0.3 is 6.09 Å². The van der Waals surface area contributed by atoms with Gasteiger partial charge in [0.1, 0.15) is 12.4 Å². The standard InChI is InChI=1S/C28H23ClN2O3S/c1-18(23-4-2-3-5-24(23)29)34-27(33)31-26-25(35-17-30-26)21-8-6-19(7-9-21)20-10-12-22(13-11-20)28(16-32)14-15-28/h2-13,16-18H,14-15H2,1H3,(H,31,33)/t18-/m1/s1. The summed E-state index contributed by atoms with van der Waals surface area (Å²) in [6, 6.07) is 23.6. The van der Waals surface area contributed by atoms with Gasteiger partial charge in [-0.05, 0) is 48.1 Å². The first-order valence-corrected chi connectivity index (χ1v) is 12.6. The van der Waals surface area contributed by atoms with Gasteiger partial charge in [0.05, 0.1) is 15.8 Å². The highest BCUT2D eigenvalue weighted by Crippen LogP contribution is 2.46. The number of rotatable bonds is 7. The van der Waals surface area contributed by atoms with E-state index in [1.54, 1.807) is 18.5 Å². The topological polar surface area (TPSA) is 68.3 Å². The Balaban J connectivity index is 1.27. The van der Waals surface area contributed by atoms with E-state index in [4.69, 9.17) is 16.3 Å². The Bertz CT molecular complexity index is 1360. The Labute approximate surface area is 212 Å². The van der Waals surface area contributed by atoms with Gasteiger partial charge in [0.25, 0.3) is 0 Å². The third-order valence-corrected chi connectivity index (χ3v) is 7.59. The number of anilines is 1. The number of aromatic nitrogens is 1. The zero-order chi connectivity index (χ0) is 24.4. The molecule has 0 radical (unpaired) electrons. The fourth-order valence-corrected chi connectivity index (χ4v) is 5.15. The number of carbonyl (C=O) groups is 2. The third-order valence-electron chi connectivity index (χ3n) is 6.37. The lowest BCUT2D eigenvalue weighted by Gasteiger charge is -2.15. The highest BCUT2D eigenvalue weighted by atomic mass is 35.5. The second-order valence-electron chi connectivity index (χ2n) is 8.65. The summed E-state index contributed by atoms with van der Waals surface area (Å²) in [4.78, 5) is 29.0. The maximum atomic E-state index is 12.5. The molecule has 1 amide bonds. The lowest BCUT2D eigenvalue weighted by molar-refractivity contribution is -0.109. The minimum absolute atomic E-state index is 0.260. The number of amides is 1. The predicted molar refractivity (Wildman–Crippen MR) is 140 cm³/mol. The Kier molecular flexibility index (Phi) is 6.41. The molecule has 0 saturated heterocycles. The van der Waals surface area contributed by atoms with Crippen molar-refractivity contribution >= 4 is 41.1 Å². The maximum absolute atomic E-state index is 12.5. The van der Waals surface area contributed by atoms with Crippen LogP contribution in [0.5, 0.6) is 0 Å². The summed E-state index contributed by atoms with van der Waals surface area (Å²) in [5.74, 6) is 0.451. The molecule has 1 N–H and O–H groups in total. The number of ether oxygens (including phenoxy) is 1. The van der Waals surface area contributed by atoms with Gasteiger partial charge < -0.3 is 9.53 Å². The van der Waals surface area contributed by atoms with Gasteiger partial charge in [-0.15, -0.1) is 11.3 Å². The van der Waals surface area contributed by atoms with Crippen molar-refractivity contribution in [1.29, 1.82) is 0 Å². The van der Waals surface area contributed by atoms with Crippen molar-refractivity contribution in [2.45, 2.75) is 31.3 Å². The van der Waals surface area contributed by atoms with Crippen LogP contribution in [-0.4, -0.2) is 17.4 Å². The van der Waals surface area contributed by atoms with Crippen LogP contribution in [0, 0.1) is 0 Å². The molecule has 1 aliphatic carbocycles. The maximum Gasteiger partial charge on any atom is 0.413 e. The van der Waals surface area contributed by atoms with Gasteiger partial charge in [-0.3, -0.25) is 5.32 Å². The molecule has 3 aromatic carbocycles. The lowest BCUT2D eigenvalue weighted by Crippen LogP contribution is -2.16. The van der Waals surface area contributed by atoms with E-state index in [-0.39, 0.29) is 5.41 Å². The Morgan fingerprint density at radius 1 is 1.03 bits per heavy atom. The molecule has 4 aromatic rings. The van der Waals surface area contributed by atoms with Crippen LogP contribution < -0.4 is 5.32 Å². The van der Waals surface area contributed by atoms with Crippen LogP contribution in [0.1, 0.15) is 37.0 Å². The molecule has 1 fully saturated rings. The number of carbonyl (C=O) groups excluding carboxylic acids is 2. The van der Waals surface area contributed by atoms with E-state index in [2.05, 4.69) is 22.4 Å². The average molecular weight is 503 g/mol. The molecule has 1 aliphatic rings. The van der Waals surface area contributed by atoms with Crippen LogP contribution in [0.4, 0.5) is 10.6 Å². The van der Waals surface area contributed by atoms with E-state index < -0.39 is 12.2 Å². The van der Waals surface area contributed by atoms with E-state index in [0.717, 1.165) is 51.8 Å². The zero-order valence-electron chi connectivity index (χ0n) is 19.0. The number of hydrogen-bond acceptors (Lipinski definition) is 5. The van der Waals surface area contributed by atoms with Crippen molar-refractivity contribution in [3.05, 3.63) is 94.5 Å². The first-order valence-electron chi connectivity index (χ1n) is 11.3. The first-order chi connectivity index (χ1) is 17.0.